The Kier molecular flexibility index (Phi) is 4.46. The molecule has 0 spiro atoms. The van der Waals surface area contributed by atoms with Gasteiger partial charge in [-0.25, -0.2) is 0 Å². The summed E-state index contributed by atoms with van der Waals surface area (Å²) in [6.07, 6.45) is 5.20. The summed E-state index contributed by atoms with van der Waals surface area (Å²) in [4.78, 5) is 11.1. The molecular weight excluding hydrogens is 236 g/mol. The summed E-state index contributed by atoms with van der Waals surface area (Å²) in [6.45, 7) is 5.84. The van der Waals surface area contributed by atoms with E-state index in [9.17, 15) is 4.79 Å². The maximum absolute atomic E-state index is 11.1. The molecule has 1 aliphatic carbocycles. The maximum Gasteiger partial charge on any atom is 0.221 e. The van der Waals surface area contributed by atoms with Gasteiger partial charge in [0.05, 0.1) is 0 Å². The van der Waals surface area contributed by atoms with Crippen LogP contribution in [0.25, 0.3) is 0 Å². The lowest BCUT2D eigenvalue weighted by Crippen LogP contribution is -2.23. The van der Waals surface area contributed by atoms with E-state index >= 15 is 0 Å². The van der Waals surface area contributed by atoms with Crippen molar-refractivity contribution in [1.29, 1.82) is 0 Å². The molecule has 1 fully saturated rings. The van der Waals surface area contributed by atoms with Crippen LogP contribution in [0, 0.1) is 12.8 Å². The van der Waals surface area contributed by atoms with Crippen LogP contribution in [0.3, 0.4) is 0 Å². The molecule has 2 atom stereocenters. The largest absolute Gasteiger partial charge is 0.382 e. The number of nitrogens with one attached hydrogen (secondary N) is 2. The predicted molar refractivity (Wildman–Crippen MR) is 80.5 cm³/mol. The van der Waals surface area contributed by atoms with Crippen molar-refractivity contribution < 1.29 is 4.79 Å². The molecule has 3 nitrogen and oxygen atoms in total. The highest BCUT2D eigenvalue weighted by atomic mass is 16.1. The number of anilines is 2. The molecular formula is C16H24N2O. The van der Waals surface area contributed by atoms with Gasteiger partial charge in [0, 0.05) is 24.3 Å². The molecule has 1 aromatic carbocycles. The Morgan fingerprint density at radius 2 is 2.16 bits per heavy atom. The molecule has 0 heterocycles. The first-order valence-electron chi connectivity index (χ1n) is 7.25. The van der Waals surface area contributed by atoms with Gasteiger partial charge in [0.2, 0.25) is 5.91 Å². The quantitative estimate of drug-likeness (QED) is 0.860. The topological polar surface area (TPSA) is 41.1 Å². The van der Waals surface area contributed by atoms with Crippen molar-refractivity contribution >= 4 is 17.3 Å². The Hall–Kier alpha value is -1.51. The summed E-state index contributed by atoms with van der Waals surface area (Å²) >= 11 is 0. The summed E-state index contributed by atoms with van der Waals surface area (Å²) in [6, 6.07) is 6.77. The molecule has 2 N–H and O–H groups in total. The second-order valence-corrected chi connectivity index (χ2v) is 5.56. The van der Waals surface area contributed by atoms with E-state index in [1.165, 1.54) is 32.6 Å². The number of carbonyl (C=O) groups excluding carboxylic acids is 1. The second kappa shape index (κ2) is 6.09. The lowest BCUT2D eigenvalue weighted by molar-refractivity contribution is -0.114. The summed E-state index contributed by atoms with van der Waals surface area (Å²) in [5.41, 5.74) is 3.17. The summed E-state index contributed by atoms with van der Waals surface area (Å²) in [7, 11) is 0. The lowest BCUT2D eigenvalue weighted by Gasteiger charge is -2.21. The first-order valence-corrected chi connectivity index (χ1v) is 7.25. The third-order valence-electron chi connectivity index (χ3n) is 4.07. The number of aryl methyl sites for hydroxylation is 1. The van der Waals surface area contributed by atoms with Gasteiger partial charge in [-0.05, 0) is 49.4 Å². The van der Waals surface area contributed by atoms with Crippen molar-refractivity contribution in [3.8, 4) is 0 Å². The van der Waals surface area contributed by atoms with E-state index in [-0.39, 0.29) is 5.91 Å². The van der Waals surface area contributed by atoms with E-state index in [1.54, 1.807) is 0 Å². The number of hydrogen-bond donors (Lipinski definition) is 2. The molecule has 0 bridgehead atoms. The SMILES string of the molecule is CCC1CCCC1Nc1ccc(NC(C)=O)c(C)c1. The highest BCUT2D eigenvalue weighted by Gasteiger charge is 2.25. The van der Waals surface area contributed by atoms with Crippen LogP contribution in [0.1, 0.15) is 45.1 Å². The zero-order chi connectivity index (χ0) is 13.8. The first kappa shape index (κ1) is 13.9. The molecule has 1 saturated carbocycles. The predicted octanol–water partition coefficient (Wildman–Crippen LogP) is 3.94. The van der Waals surface area contributed by atoms with Crippen molar-refractivity contribution in [3.63, 3.8) is 0 Å². The van der Waals surface area contributed by atoms with Gasteiger partial charge in [0.1, 0.15) is 0 Å². The van der Waals surface area contributed by atoms with Crippen LogP contribution >= 0.6 is 0 Å². The van der Waals surface area contributed by atoms with Crippen LogP contribution in [-0.4, -0.2) is 11.9 Å². The molecule has 0 aromatic heterocycles. The van der Waals surface area contributed by atoms with Crippen molar-refractivity contribution in [1.82, 2.24) is 0 Å². The fourth-order valence-corrected chi connectivity index (χ4v) is 3.01. The maximum atomic E-state index is 11.1. The highest BCUT2D eigenvalue weighted by Crippen LogP contribution is 2.31. The van der Waals surface area contributed by atoms with Crippen molar-refractivity contribution in [2.75, 3.05) is 10.6 Å². The minimum atomic E-state index is -0.0225. The van der Waals surface area contributed by atoms with Gasteiger partial charge in [0.25, 0.3) is 0 Å². The normalized spacial score (nSPS) is 22.3. The monoisotopic (exact) mass is 260 g/mol. The molecule has 1 aromatic rings. The average molecular weight is 260 g/mol. The molecule has 0 aliphatic heterocycles. The Morgan fingerprint density at radius 3 is 2.79 bits per heavy atom. The van der Waals surface area contributed by atoms with Crippen LogP contribution in [0.5, 0.6) is 0 Å². The molecule has 3 heteroatoms. The van der Waals surface area contributed by atoms with E-state index in [0.29, 0.717) is 6.04 Å². The van der Waals surface area contributed by atoms with E-state index < -0.39 is 0 Å². The second-order valence-electron chi connectivity index (χ2n) is 5.56. The first-order chi connectivity index (χ1) is 9.10. The van der Waals surface area contributed by atoms with Gasteiger partial charge in [-0.2, -0.15) is 0 Å². The lowest BCUT2D eigenvalue weighted by atomic mass is 10.0. The van der Waals surface area contributed by atoms with Crippen molar-refractivity contribution in [2.45, 2.75) is 52.5 Å². The van der Waals surface area contributed by atoms with Crippen molar-refractivity contribution in [3.05, 3.63) is 23.8 Å². The molecule has 2 unspecified atom stereocenters. The number of rotatable bonds is 4. The highest BCUT2D eigenvalue weighted by molar-refractivity contribution is 5.89. The van der Waals surface area contributed by atoms with Crippen molar-refractivity contribution in [2.24, 2.45) is 5.92 Å². The number of hydrogen-bond acceptors (Lipinski definition) is 2. The third kappa shape index (κ3) is 3.49. The van der Waals surface area contributed by atoms with Crippen LogP contribution in [-0.2, 0) is 4.79 Å². The molecule has 19 heavy (non-hydrogen) atoms. The summed E-state index contributed by atoms with van der Waals surface area (Å²) in [5.74, 6) is 0.779. The standard InChI is InChI=1S/C16H24N2O/c1-4-13-6-5-7-16(13)18-14-8-9-15(11(2)10-14)17-12(3)19/h8-10,13,16,18H,4-7H2,1-3H3,(H,17,19). The minimum absolute atomic E-state index is 0.0225. The molecule has 1 amide bonds. The Morgan fingerprint density at radius 1 is 1.37 bits per heavy atom. The minimum Gasteiger partial charge on any atom is -0.382 e. The Labute approximate surface area is 115 Å². The average Bonchev–Trinajstić information content (AvgIpc) is 2.79. The van der Waals surface area contributed by atoms with Crippen LogP contribution in [0.15, 0.2) is 18.2 Å². The van der Waals surface area contributed by atoms with Crippen LogP contribution < -0.4 is 10.6 Å². The molecule has 0 saturated heterocycles. The van der Waals surface area contributed by atoms with Crippen LogP contribution in [0.2, 0.25) is 0 Å². The van der Waals surface area contributed by atoms with E-state index in [0.717, 1.165) is 22.9 Å². The zero-order valence-corrected chi connectivity index (χ0v) is 12.1. The van der Waals surface area contributed by atoms with Crippen LogP contribution in [0.4, 0.5) is 11.4 Å². The fourth-order valence-electron chi connectivity index (χ4n) is 3.01. The fraction of sp³-hybridized carbons (Fsp3) is 0.562. The van der Waals surface area contributed by atoms with E-state index in [1.807, 2.05) is 13.0 Å². The third-order valence-corrected chi connectivity index (χ3v) is 4.07. The zero-order valence-electron chi connectivity index (χ0n) is 12.1. The molecule has 1 aliphatic rings. The smallest absolute Gasteiger partial charge is 0.221 e. The Balaban J connectivity index is 2.05. The number of benzene rings is 1. The molecule has 104 valence electrons. The number of amides is 1. The molecule has 2 rings (SSSR count). The van der Waals surface area contributed by atoms with Gasteiger partial charge in [-0.1, -0.05) is 19.8 Å². The van der Waals surface area contributed by atoms with Gasteiger partial charge in [0.15, 0.2) is 0 Å². The van der Waals surface area contributed by atoms with Gasteiger partial charge in [-0.3, -0.25) is 4.79 Å². The van der Waals surface area contributed by atoms with Gasteiger partial charge >= 0.3 is 0 Å². The summed E-state index contributed by atoms with van der Waals surface area (Å²) in [5, 5.41) is 6.50. The van der Waals surface area contributed by atoms with E-state index in [2.05, 4.69) is 29.7 Å². The van der Waals surface area contributed by atoms with Gasteiger partial charge < -0.3 is 10.6 Å². The summed E-state index contributed by atoms with van der Waals surface area (Å²) < 4.78 is 0. The molecule has 0 radical (unpaired) electrons. The van der Waals surface area contributed by atoms with E-state index in [4.69, 9.17) is 0 Å². The number of carbonyl (C=O) groups is 1. The van der Waals surface area contributed by atoms with Gasteiger partial charge in [-0.15, -0.1) is 0 Å². The Bertz CT molecular complexity index is 456.